The van der Waals surface area contributed by atoms with Gasteiger partial charge < -0.3 is 9.42 Å². The maximum atomic E-state index is 13.9. The number of likely N-dealkylation sites (tertiary alicyclic amines) is 1. The minimum atomic E-state index is -0.363. The second-order valence-corrected chi connectivity index (χ2v) is 8.27. The number of aromatic nitrogens is 2. The molecule has 0 bridgehead atoms. The summed E-state index contributed by atoms with van der Waals surface area (Å²) in [4.78, 5) is 20.5. The number of nitrogens with zero attached hydrogens (tertiary/aromatic N) is 3. The first kappa shape index (κ1) is 20.2. The monoisotopic (exact) mass is 423 g/mol. The summed E-state index contributed by atoms with van der Waals surface area (Å²) in [5.74, 6) is 0.769. The average molecular weight is 424 g/mol. The quantitative estimate of drug-likeness (QED) is 0.423. The Hall–Kier alpha value is -3.73. The molecule has 32 heavy (non-hydrogen) atoms. The summed E-state index contributed by atoms with van der Waals surface area (Å²) in [6.45, 7) is 2.73. The van der Waals surface area contributed by atoms with Gasteiger partial charge in [-0.15, -0.1) is 0 Å². The third kappa shape index (κ3) is 3.94. The SMILES string of the molecule is Cc1ccc(-c2noc(C3CCCN3C(=O)C(c3ccccc3)c3ccccc3)n2)cc1. The highest BCUT2D eigenvalue weighted by Crippen LogP contribution is 2.36. The van der Waals surface area contributed by atoms with Crippen LogP contribution < -0.4 is 0 Å². The van der Waals surface area contributed by atoms with E-state index < -0.39 is 0 Å². The number of aryl methyl sites for hydroxylation is 1. The maximum absolute atomic E-state index is 13.9. The number of hydrogen-bond donors (Lipinski definition) is 0. The van der Waals surface area contributed by atoms with Gasteiger partial charge in [0.25, 0.3) is 0 Å². The predicted molar refractivity (Wildman–Crippen MR) is 123 cm³/mol. The van der Waals surface area contributed by atoms with Crippen molar-refractivity contribution in [2.24, 2.45) is 0 Å². The number of carbonyl (C=O) groups excluding carboxylic acids is 1. The fourth-order valence-electron chi connectivity index (χ4n) is 4.41. The van der Waals surface area contributed by atoms with Crippen molar-refractivity contribution in [3.05, 3.63) is 108 Å². The molecular weight excluding hydrogens is 398 g/mol. The molecule has 160 valence electrons. The van der Waals surface area contributed by atoms with Gasteiger partial charge in [0.2, 0.25) is 17.6 Å². The standard InChI is InChI=1S/C27H25N3O2/c1-19-14-16-22(17-15-19)25-28-26(32-29-25)23-13-8-18-30(23)27(31)24(20-9-4-2-5-10-20)21-11-6-3-7-12-21/h2-7,9-12,14-17,23-24H,8,13,18H2,1H3. The van der Waals surface area contributed by atoms with Crippen LogP contribution in [-0.2, 0) is 4.79 Å². The van der Waals surface area contributed by atoms with Crippen LogP contribution >= 0.6 is 0 Å². The van der Waals surface area contributed by atoms with Crippen molar-refractivity contribution in [3.63, 3.8) is 0 Å². The second kappa shape index (κ2) is 8.79. The Labute approximate surface area is 187 Å². The Bertz CT molecular complexity index is 1150. The van der Waals surface area contributed by atoms with Gasteiger partial charge in [-0.25, -0.2) is 0 Å². The summed E-state index contributed by atoms with van der Waals surface area (Å²) in [5.41, 5.74) is 4.06. The van der Waals surface area contributed by atoms with Crippen molar-refractivity contribution in [1.82, 2.24) is 15.0 Å². The van der Waals surface area contributed by atoms with E-state index in [0.29, 0.717) is 18.3 Å². The summed E-state index contributed by atoms with van der Waals surface area (Å²) >= 11 is 0. The Morgan fingerprint density at radius 3 is 2.19 bits per heavy atom. The van der Waals surface area contributed by atoms with Crippen molar-refractivity contribution in [1.29, 1.82) is 0 Å². The summed E-state index contributed by atoms with van der Waals surface area (Å²) in [6, 6.07) is 27.8. The first-order valence-corrected chi connectivity index (χ1v) is 11.0. The molecule has 4 aromatic rings. The van der Waals surface area contributed by atoms with E-state index in [1.54, 1.807) is 0 Å². The molecule has 1 aliphatic heterocycles. The van der Waals surface area contributed by atoms with Crippen LogP contribution in [0.5, 0.6) is 0 Å². The van der Waals surface area contributed by atoms with E-state index >= 15 is 0 Å². The van der Waals surface area contributed by atoms with Gasteiger partial charge >= 0.3 is 0 Å². The molecular formula is C27H25N3O2. The van der Waals surface area contributed by atoms with Crippen molar-refractivity contribution in [2.45, 2.75) is 31.7 Å². The first-order chi connectivity index (χ1) is 15.7. The lowest BCUT2D eigenvalue weighted by atomic mass is 9.90. The molecule has 5 nitrogen and oxygen atoms in total. The van der Waals surface area contributed by atoms with Gasteiger partial charge in [-0.05, 0) is 30.9 Å². The average Bonchev–Trinajstić information content (AvgIpc) is 3.51. The van der Waals surface area contributed by atoms with Gasteiger partial charge in [0.15, 0.2) is 0 Å². The molecule has 1 unspecified atom stereocenters. The van der Waals surface area contributed by atoms with E-state index in [2.05, 4.69) is 10.1 Å². The number of benzene rings is 3. The zero-order chi connectivity index (χ0) is 21.9. The fourth-order valence-corrected chi connectivity index (χ4v) is 4.41. The molecule has 5 heteroatoms. The van der Waals surface area contributed by atoms with Gasteiger partial charge in [-0.3, -0.25) is 4.79 Å². The predicted octanol–water partition coefficient (Wildman–Crippen LogP) is 5.54. The van der Waals surface area contributed by atoms with Crippen LogP contribution in [0.15, 0.2) is 89.5 Å². The number of amides is 1. The molecule has 1 atom stereocenters. The summed E-state index contributed by atoms with van der Waals surface area (Å²) in [7, 11) is 0. The lowest BCUT2D eigenvalue weighted by Crippen LogP contribution is -2.35. The Balaban J connectivity index is 1.45. The highest BCUT2D eigenvalue weighted by atomic mass is 16.5. The molecule has 0 saturated carbocycles. The van der Waals surface area contributed by atoms with Crippen LogP contribution in [-0.4, -0.2) is 27.5 Å². The highest BCUT2D eigenvalue weighted by molar-refractivity contribution is 5.87. The molecule has 1 amide bonds. The minimum Gasteiger partial charge on any atom is -0.337 e. The van der Waals surface area contributed by atoms with Gasteiger partial charge in [-0.1, -0.05) is 95.6 Å². The van der Waals surface area contributed by atoms with Crippen molar-refractivity contribution in [2.75, 3.05) is 6.54 Å². The van der Waals surface area contributed by atoms with E-state index in [4.69, 9.17) is 4.52 Å². The minimum absolute atomic E-state index is 0.0694. The van der Waals surface area contributed by atoms with Crippen LogP contribution in [0.4, 0.5) is 0 Å². The lowest BCUT2D eigenvalue weighted by molar-refractivity contribution is -0.133. The molecule has 0 N–H and O–H groups in total. The van der Waals surface area contributed by atoms with Crippen molar-refractivity contribution in [3.8, 4) is 11.4 Å². The normalized spacial score (nSPS) is 15.9. The van der Waals surface area contributed by atoms with E-state index in [1.165, 1.54) is 5.56 Å². The molecule has 1 saturated heterocycles. The zero-order valence-electron chi connectivity index (χ0n) is 18.0. The van der Waals surface area contributed by atoms with Gasteiger partial charge in [-0.2, -0.15) is 4.98 Å². The molecule has 0 aliphatic carbocycles. The summed E-state index contributed by atoms with van der Waals surface area (Å²) in [6.07, 6.45) is 1.73. The lowest BCUT2D eigenvalue weighted by Gasteiger charge is -2.27. The summed E-state index contributed by atoms with van der Waals surface area (Å²) < 4.78 is 5.65. The molecule has 5 rings (SSSR count). The molecule has 1 fully saturated rings. The molecule has 1 aliphatic rings. The van der Waals surface area contributed by atoms with E-state index in [1.807, 2.05) is 96.8 Å². The first-order valence-electron chi connectivity index (χ1n) is 11.0. The number of carbonyl (C=O) groups is 1. The van der Waals surface area contributed by atoms with E-state index in [0.717, 1.165) is 29.5 Å². The number of rotatable bonds is 5. The third-order valence-corrected chi connectivity index (χ3v) is 6.09. The molecule has 0 spiro atoms. The van der Waals surface area contributed by atoms with Gasteiger partial charge in [0.05, 0.1) is 5.92 Å². The molecule has 2 heterocycles. The van der Waals surface area contributed by atoms with Crippen LogP contribution in [0.3, 0.4) is 0 Å². The van der Waals surface area contributed by atoms with Crippen molar-refractivity contribution >= 4 is 5.91 Å². The topological polar surface area (TPSA) is 59.2 Å². The van der Waals surface area contributed by atoms with Crippen LogP contribution in [0.2, 0.25) is 0 Å². The van der Waals surface area contributed by atoms with Crippen LogP contribution in [0.1, 0.15) is 47.4 Å². The van der Waals surface area contributed by atoms with E-state index in [9.17, 15) is 4.79 Å². The maximum Gasteiger partial charge on any atom is 0.249 e. The zero-order valence-corrected chi connectivity index (χ0v) is 18.0. The number of hydrogen-bond acceptors (Lipinski definition) is 4. The molecule has 0 radical (unpaired) electrons. The molecule has 3 aromatic carbocycles. The Kier molecular flexibility index (Phi) is 5.55. The van der Waals surface area contributed by atoms with Crippen LogP contribution in [0, 0.1) is 6.92 Å². The van der Waals surface area contributed by atoms with Gasteiger partial charge in [0, 0.05) is 12.1 Å². The third-order valence-electron chi connectivity index (χ3n) is 6.09. The largest absolute Gasteiger partial charge is 0.337 e. The smallest absolute Gasteiger partial charge is 0.249 e. The van der Waals surface area contributed by atoms with E-state index in [-0.39, 0.29) is 17.9 Å². The Morgan fingerprint density at radius 2 is 1.56 bits per heavy atom. The van der Waals surface area contributed by atoms with Crippen molar-refractivity contribution < 1.29 is 9.32 Å². The molecule has 1 aromatic heterocycles. The Morgan fingerprint density at radius 1 is 0.938 bits per heavy atom. The summed E-state index contributed by atoms with van der Waals surface area (Å²) in [5, 5.41) is 4.19. The second-order valence-electron chi connectivity index (χ2n) is 8.27. The van der Waals surface area contributed by atoms with Gasteiger partial charge in [0.1, 0.15) is 6.04 Å². The fraction of sp³-hybridized carbons (Fsp3) is 0.222. The highest BCUT2D eigenvalue weighted by Gasteiger charge is 2.38. The van der Waals surface area contributed by atoms with Crippen LogP contribution in [0.25, 0.3) is 11.4 Å².